The van der Waals surface area contributed by atoms with Crippen LogP contribution in [0.2, 0.25) is 0 Å². The lowest BCUT2D eigenvalue weighted by Gasteiger charge is -2.48. The fourth-order valence-electron chi connectivity index (χ4n) is 15.6. The van der Waals surface area contributed by atoms with E-state index in [1.165, 1.54) is 28.7 Å². The van der Waals surface area contributed by atoms with E-state index >= 15 is 0 Å². The summed E-state index contributed by atoms with van der Waals surface area (Å²) in [5.41, 5.74) is 8.46. The number of amides is 9. The molecule has 2 aromatic carbocycles. The maximum absolute atomic E-state index is 13.8. The van der Waals surface area contributed by atoms with Crippen LogP contribution in [0.1, 0.15) is 147 Å². The Balaban J connectivity index is 0.691. The first-order valence-electron chi connectivity index (χ1n) is 42.3. The van der Waals surface area contributed by atoms with Gasteiger partial charge in [-0.3, -0.25) is 61.6 Å². The molecule has 9 rings (SSSR count). The average Bonchev–Trinajstić information content (AvgIpc) is 0.768. The summed E-state index contributed by atoms with van der Waals surface area (Å²) in [7, 11) is -14.9. The smallest absolute Gasteiger partial charge is 0.397 e. The Morgan fingerprint density at radius 1 is 0.646 bits per heavy atom. The number of nitrogens with one attached hydrogen (secondary N) is 8. The van der Waals surface area contributed by atoms with Crippen molar-refractivity contribution in [1.29, 1.82) is 0 Å². The summed E-state index contributed by atoms with van der Waals surface area (Å²) in [6, 6.07) is 2.80. The van der Waals surface area contributed by atoms with Crippen LogP contribution in [-0.2, 0) is 144 Å². The Morgan fingerprint density at radius 3 is 1.84 bits per heavy atom. The van der Waals surface area contributed by atoms with Gasteiger partial charge in [0.25, 0.3) is 0 Å². The number of carbonyl (C=O) groups excluding carboxylic acids is 9. The molecule has 2 saturated heterocycles. The molecule has 2 aromatic heterocycles. The van der Waals surface area contributed by atoms with Crippen molar-refractivity contribution in [3.8, 4) is 11.5 Å². The molecule has 724 valence electrons. The minimum atomic E-state index is -5.14. The molecule has 0 radical (unpaired) electrons. The van der Waals surface area contributed by atoms with Gasteiger partial charge in [-0.15, -0.1) is 10.2 Å². The molecule has 50 nitrogen and oxygen atoms in total. The van der Waals surface area contributed by atoms with Crippen LogP contribution in [0.4, 0.5) is 11.4 Å². The van der Waals surface area contributed by atoms with E-state index < -0.39 is 208 Å². The number of rotatable bonds is 53. The number of hydrogen-bond acceptors (Lipinski definition) is 36. The van der Waals surface area contributed by atoms with Crippen molar-refractivity contribution in [1.82, 2.24) is 77.1 Å². The van der Waals surface area contributed by atoms with Gasteiger partial charge in [-0.05, 0) is 116 Å². The van der Waals surface area contributed by atoms with E-state index in [1.807, 2.05) is 32.0 Å². The zero-order chi connectivity index (χ0) is 94.8. The molecule has 0 bridgehead atoms. The van der Waals surface area contributed by atoms with Gasteiger partial charge in [0.1, 0.15) is 109 Å². The summed E-state index contributed by atoms with van der Waals surface area (Å²) in [6.07, 6.45) is -7.71. The first kappa shape index (κ1) is 104. The number of aryl methyl sites for hydroxylation is 3. The number of carbonyl (C=O) groups is 9. The quantitative estimate of drug-likeness (QED) is 0.00978. The molecule has 0 aliphatic carbocycles. The second-order valence-corrected chi connectivity index (χ2v) is 35.8. The minimum Gasteiger partial charge on any atom is -0.748 e. The molecule has 1 unspecified atom stereocenters. The van der Waals surface area contributed by atoms with E-state index in [2.05, 4.69) is 87.9 Å². The van der Waals surface area contributed by atoms with Crippen molar-refractivity contribution in [2.24, 2.45) is 10.7 Å². The number of primary amides is 1. The minimum absolute atomic E-state index is 0.00665. The van der Waals surface area contributed by atoms with Crippen molar-refractivity contribution in [3.63, 3.8) is 0 Å². The van der Waals surface area contributed by atoms with Gasteiger partial charge in [-0.25, -0.2) is 26.4 Å². The van der Waals surface area contributed by atoms with Gasteiger partial charge in [-0.2, -0.15) is 16.8 Å². The number of aliphatic hydroxyl groups is 5. The third kappa shape index (κ3) is 32.1. The highest BCUT2D eigenvalue weighted by Crippen LogP contribution is 2.50. The molecular formula is C77H116N18O32S3. The largest absolute Gasteiger partial charge is 0.748 e. The lowest BCUT2D eigenvalue weighted by molar-refractivity contribution is -0.300. The number of aromatic nitrogens is 6. The molecule has 7 heterocycles. The van der Waals surface area contributed by atoms with Gasteiger partial charge in [0, 0.05) is 93.9 Å². The Kier molecular flexibility index (Phi) is 39.0. The number of nitrogens with zero attached hydrogens (tertiary/aromatic N) is 9. The number of aliphatic hydroxyl groups excluding tert-OH is 5. The van der Waals surface area contributed by atoms with Crippen molar-refractivity contribution in [2.75, 3.05) is 96.1 Å². The highest BCUT2D eigenvalue weighted by molar-refractivity contribution is 7.85. The van der Waals surface area contributed by atoms with E-state index in [0.29, 0.717) is 85.4 Å². The number of benzene rings is 2. The third-order valence-corrected chi connectivity index (χ3v) is 23.5. The molecule has 0 saturated carbocycles. The standard InChI is InChI=1S/C77H116N18O32S3/c1-6-92-22-13-15-46-29-54-58(31-56(46)92)123-59-32-57-50(30-55(59)85-54)47(43-128(110,111)112)33-77(4,5)95(57)25-14-19-62(100)79-20-10-7-16-51(72(78)107)86-64(102)35-82-74(109)53(18-9-12-24-94-37-49(89-91-94)41-122-76-69(106)68(105)71(61(39-97)125-76)127-130(116,117)118)87-63(101)34-81-65(103)42-120-28-27-119-26-21-80-73(108)52(83-44(2)98)17-8-11-23-93-36-48(88-90-93)40-121-75-66(84-45(3)99)67(104)70(60(38-96)124-75)126-129(113,114)115/h29-32,36-37,47,51-53,60-61,66-71,75-76,96-97,104-106H,6-28,33-35,38-43H2,1-5H3,(H12-,78,79,80,81,82,83,84,86,87,98,99,100,101,102,103,107,108,109,110,111,112,113,114,115,116,117,118)/t47?,51-,52-,53-,60+,61+,66+,67+,68+,69+,70-,71-,75+,76+/m0/s1. The number of anilines is 1. The van der Waals surface area contributed by atoms with Gasteiger partial charge in [-0.1, -0.05) is 10.4 Å². The van der Waals surface area contributed by atoms with Crippen LogP contribution in [-0.4, -0.2) is 324 Å². The lowest BCUT2D eigenvalue weighted by atomic mass is 9.79. The molecule has 14 atom stereocenters. The summed E-state index contributed by atoms with van der Waals surface area (Å²) in [6.45, 7) is 6.66. The molecule has 17 N–H and O–H groups in total. The summed E-state index contributed by atoms with van der Waals surface area (Å²) in [4.78, 5) is 124. The van der Waals surface area contributed by atoms with E-state index in [4.69, 9.17) is 48.4 Å². The van der Waals surface area contributed by atoms with E-state index in [1.54, 1.807) is 6.07 Å². The number of hydrogen-bond donors (Lipinski definition) is 16. The van der Waals surface area contributed by atoms with Gasteiger partial charge >= 0.3 is 20.8 Å². The molecule has 4 aromatic rings. The Labute approximate surface area is 748 Å². The first-order chi connectivity index (χ1) is 61.6. The number of ether oxygens (including phenoxy) is 7. The van der Waals surface area contributed by atoms with Crippen molar-refractivity contribution < 1.29 is 149 Å². The van der Waals surface area contributed by atoms with Crippen LogP contribution in [0.3, 0.4) is 0 Å². The Bertz CT molecular complexity index is 5070. The summed E-state index contributed by atoms with van der Waals surface area (Å²) in [5, 5.41) is 89.7. The highest BCUT2D eigenvalue weighted by atomic mass is 32.3. The molecular weight excluding hydrogens is 1790 g/mol. The lowest BCUT2D eigenvalue weighted by Crippen LogP contribution is -2.65. The number of nitrogens with two attached hydrogens (primary N) is 1. The van der Waals surface area contributed by atoms with Crippen LogP contribution in [0, 0.1) is 0 Å². The van der Waals surface area contributed by atoms with Gasteiger partial charge in [0.2, 0.25) is 58.5 Å². The first-order valence-corrected chi connectivity index (χ1v) is 46.7. The monoisotopic (exact) mass is 1900 g/mol. The highest BCUT2D eigenvalue weighted by Gasteiger charge is 2.50. The molecule has 53 heteroatoms. The summed E-state index contributed by atoms with van der Waals surface area (Å²) in [5.74, 6) is -6.22. The van der Waals surface area contributed by atoms with Crippen LogP contribution in [0.15, 0.2) is 41.7 Å². The van der Waals surface area contributed by atoms with Crippen molar-refractivity contribution in [3.05, 3.63) is 69.9 Å². The normalized spacial score (nSPS) is 21.8. The zero-order valence-corrected chi connectivity index (χ0v) is 74.8. The SMILES string of the molecule is CC[N+]1=c2cc3c(cc2CCC1)=Nc1cc2c(cc1O3)N(CCCC(=O)NCCCC[C@H](NC(=O)CNC(=O)[C@H](CCCCn1cc(CO[C@@H]3O[C@H](CO)[C@H](OS(=O)(=O)O)[C@H](O)[C@H]3O)nn1)NC(=O)CNC(=O)COCCOCCNC(=O)[C@H](CCCCn1cc(CO[C@@H]3O[C@H](CO)[C@H](OS(=O)(=O)O)[C@H](O)[C@H]3NC(C)=O)nn1)NC(C)=O)C(N)=O)C(C)(C)CC2CS(=O)(=O)[O-]. The predicted octanol–water partition coefficient (Wildman–Crippen LogP) is -6.42. The molecule has 0 spiro atoms. The second-order valence-electron chi connectivity index (χ2n) is 32.3. The van der Waals surface area contributed by atoms with E-state index in [-0.39, 0.29) is 108 Å². The maximum Gasteiger partial charge on any atom is 0.397 e. The predicted molar refractivity (Wildman–Crippen MR) is 446 cm³/mol. The van der Waals surface area contributed by atoms with Crippen LogP contribution in [0.25, 0.3) is 0 Å². The topological polar surface area (TPSA) is 706 Å². The average molecular weight is 1900 g/mol. The Morgan fingerprint density at radius 2 is 1.23 bits per heavy atom. The Hall–Kier alpha value is -9.64. The van der Waals surface area contributed by atoms with Crippen LogP contribution in [0.5, 0.6) is 11.5 Å². The van der Waals surface area contributed by atoms with Crippen molar-refractivity contribution in [2.45, 2.75) is 242 Å². The number of fused-ring (bicyclic) bond motifs is 4. The molecule has 130 heavy (non-hydrogen) atoms. The molecule has 5 aliphatic heterocycles. The van der Waals surface area contributed by atoms with Gasteiger partial charge in [0.05, 0.1) is 87.9 Å². The zero-order valence-electron chi connectivity index (χ0n) is 72.3. The van der Waals surface area contributed by atoms with Gasteiger partial charge in [0.15, 0.2) is 24.1 Å². The van der Waals surface area contributed by atoms with Crippen LogP contribution < -0.4 is 73.2 Å². The second kappa shape index (κ2) is 48.7. The maximum atomic E-state index is 13.8. The van der Waals surface area contributed by atoms with Gasteiger partial charge < -0.3 is 116 Å². The summed E-state index contributed by atoms with van der Waals surface area (Å²) < 4.78 is 154. The van der Waals surface area contributed by atoms with E-state index in [9.17, 15) is 103 Å². The molecule has 9 amide bonds. The third-order valence-electron chi connectivity index (χ3n) is 21.7. The molecule has 5 aliphatic rings. The fourth-order valence-corrected chi connectivity index (χ4v) is 17.5. The summed E-state index contributed by atoms with van der Waals surface area (Å²) >= 11 is 0. The van der Waals surface area contributed by atoms with Crippen molar-refractivity contribution >= 4 is 95.5 Å². The fraction of sp³-hybridized carbons (Fsp3) is 0.675. The van der Waals surface area contributed by atoms with Crippen LogP contribution >= 0.6 is 0 Å². The number of unbranched alkanes of at least 4 members (excludes halogenated alkanes) is 3. The van der Waals surface area contributed by atoms with E-state index in [0.717, 1.165) is 43.8 Å². The molecule has 2 fully saturated rings.